The Hall–Kier alpha value is -1.48. The maximum atomic E-state index is 12.2. The number of nitrogens with one attached hydrogen (secondary N) is 1. The Balaban J connectivity index is 1.60. The lowest BCUT2D eigenvalue weighted by Crippen LogP contribution is -2.35. The first kappa shape index (κ1) is 15.4. The number of nitrogens with zero attached hydrogens (tertiary/aromatic N) is 2. The van der Waals surface area contributed by atoms with Crippen LogP contribution in [0.5, 0.6) is 5.75 Å². The summed E-state index contributed by atoms with van der Waals surface area (Å²) in [6.07, 6.45) is 0. The van der Waals surface area contributed by atoms with Crippen molar-refractivity contribution in [3.05, 3.63) is 27.4 Å². The number of amides is 1. The van der Waals surface area contributed by atoms with Crippen molar-refractivity contribution in [3.63, 3.8) is 0 Å². The van der Waals surface area contributed by atoms with Gasteiger partial charge < -0.3 is 9.47 Å². The SMILES string of the molecule is COc1ccsc1C(=O)Nc1nc(CN2CCOCC2)cs1. The fourth-order valence-electron chi connectivity index (χ4n) is 2.20. The van der Waals surface area contributed by atoms with E-state index in [4.69, 9.17) is 9.47 Å². The predicted molar refractivity (Wildman–Crippen MR) is 87.0 cm³/mol. The van der Waals surface area contributed by atoms with Gasteiger partial charge in [0.25, 0.3) is 5.91 Å². The molecular formula is C14H17N3O3S2. The highest BCUT2D eigenvalue weighted by atomic mass is 32.1. The minimum Gasteiger partial charge on any atom is -0.495 e. The van der Waals surface area contributed by atoms with Crippen molar-refractivity contribution in [2.45, 2.75) is 6.54 Å². The number of morpholine rings is 1. The molecule has 1 fully saturated rings. The van der Waals surface area contributed by atoms with E-state index in [1.54, 1.807) is 13.2 Å². The normalized spacial score (nSPS) is 15.7. The number of thiophene rings is 1. The van der Waals surface area contributed by atoms with Crippen LogP contribution in [0.25, 0.3) is 0 Å². The molecule has 2 aromatic rings. The standard InChI is InChI=1S/C14H17N3O3S2/c1-19-11-2-7-21-12(11)13(18)16-14-15-10(9-22-14)8-17-3-5-20-6-4-17/h2,7,9H,3-6,8H2,1H3,(H,15,16,18). The summed E-state index contributed by atoms with van der Waals surface area (Å²) in [5.74, 6) is 0.409. The first-order valence-corrected chi connectivity index (χ1v) is 8.69. The molecule has 2 aromatic heterocycles. The van der Waals surface area contributed by atoms with Gasteiger partial charge in [-0.1, -0.05) is 0 Å². The van der Waals surface area contributed by atoms with Gasteiger partial charge in [-0.05, 0) is 11.4 Å². The van der Waals surface area contributed by atoms with Gasteiger partial charge in [0.05, 0.1) is 26.0 Å². The number of thiazole rings is 1. The van der Waals surface area contributed by atoms with Gasteiger partial charge in [-0.3, -0.25) is 15.0 Å². The Labute approximate surface area is 136 Å². The lowest BCUT2D eigenvalue weighted by atomic mass is 10.3. The zero-order valence-electron chi connectivity index (χ0n) is 12.2. The van der Waals surface area contributed by atoms with Crippen molar-refractivity contribution < 1.29 is 14.3 Å². The van der Waals surface area contributed by atoms with Crippen LogP contribution in [0.4, 0.5) is 5.13 Å². The number of hydrogen-bond donors (Lipinski definition) is 1. The van der Waals surface area contributed by atoms with Crippen molar-refractivity contribution in [1.29, 1.82) is 0 Å². The summed E-state index contributed by atoms with van der Waals surface area (Å²) in [5.41, 5.74) is 0.973. The van der Waals surface area contributed by atoms with E-state index in [1.807, 2.05) is 10.8 Å². The second-order valence-electron chi connectivity index (χ2n) is 4.80. The highest BCUT2D eigenvalue weighted by molar-refractivity contribution is 7.14. The van der Waals surface area contributed by atoms with Crippen molar-refractivity contribution in [2.24, 2.45) is 0 Å². The van der Waals surface area contributed by atoms with Crippen molar-refractivity contribution in [1.82, 2.24) is 9.88 Å². The molecule has 1 amide bonds. The Morgan fingerprint density at radius 2 is 2.27 bits per heavy atom. The first-order valence-electron chi connectivity index (χ1n) is 6.93. The Morgan fingerprint density at radius 3 is 3.05 bits per heavy atom. The van der Waals surface area contributed by atoms with Gasteiger partial charge in [-0.2, -0.15) is 0 Å². The molecule has 0 unspecified atom stereocenters. The number of carbonyl (C=O) groups is 1. The van der Waals surface area contributed by atoms with E-state index in [2.05, 4.69) is 15.2 Å². The number of methoxy groups -OCH3 is 1. The molecule has 1 saturated heterocycles. The predicted octanol–water partition coefficient (Wildman–Crippen LogP) is 2.30. The van der Waals surface area contributed by atoms with Crippen LogP contribution in [0.1, 0.15) is 15.4 Å². The topological polar surface area (TPSA) is 63.7 Å². The van der Waals surface area contributed by atoms with Gasteiger partial charge in [0.1, 0.15) is 10.6 Å². The molecule has 0 atom stereocenters. The smallest absolute Gasteiger partial charge is 0.271 e. The minimum absolute atomic E-state index is 0.181. The summed E-state index contributed by atoms with van der Waals surface area (Å²) in [7, 11) is 1.56. The first-order chi connectivity index (χ1) is 10.8. The number of carbonyl (C=O) groups excluding carboxylic acids is 1. The Kier molecular flexibility index (Phi) is 5.04. The molecule has 118 valence electrons. The largest absolute Gasteiger partial charge is 0.495 e. The molecule has 0 aromatic carbocycles. The van der Waals surface area contributed by atoms with Gasteiger partial charge in [-0.25, -0.2) is 4.98 Å². The van der Waals surface area contributed by atoms with Gasteiger partial charge in [0, 0.05) is 25.0 Å². The summed E-state index contributed by atoms with van der Waals surface area (Å²) in [6.45, 7) is 4.17. The molecular weight excluding hydrogens is 322 g/mol. The van der Waals surface area contributed by atoms with Crippen molar-refractivity contribution in [3.8, 4) is 5.75 Å². The second kappa shape index (κ2) is 7.19. The van der Waals surface area contributed by atoms with E-state index in [0.29, 0.717) is 15.8 Å². The monoisotopic (exact) mass is 339 g/mol. The number of hydrogen-bond acceptors (Lipinski definition) is 7. The number of anilines is 1. The third kappa shape index (κ3) is 3.64. The Morgan fingerprint density at radius 1 is 1.45 bits per heavy atom. The molecule has 3 rings (SSSR count). The molecule has 0 aliphatic carbocycles. The summed E-state index contributed by atoms with van der Waals surface area (Å²) in [4.78, 5) is 19.6. The van der Waals surface area contributed by atoms with Gasteiger partial charge in [-0.15, -0.1) is 22.7 Å². The molecule has 0 radical (unpaired) electrons. The van der Waals surface area contributed by atoms with Crippen molar-refractivity contribution >= 4 is 33.7 Å². The summed E-state index contributed by atoms with van der Waals surface area (Å²) < 4.78 is 10.5. The molecule has 0 saturated carbocycles. The average Bonchev–Trinajstić information content (AvgIpc) is 3.17. The molecule has 6 nitrogen and oxygen atoms in total. The van der Waals surface area contributed by atoms with E-state index < -0.39 is 0 Å². The second-order valence-corrected chi connectivity index (χ2v) is 6.58. The molecule has 1 N–H and O–H groups in total. The molecule has 0 bridgehead atoms. The number of aromatic nitrogens is 1. The van der Waals surface area contributed by atoms with Crippen LogP contribution in [-0.2, 0) is 11.3 Å². The van der Waals surface area contributed by atoms with Crippen LogP contribution < -0.4 is 10.1 Å². The van der Waals surface area contributed by atoms with Gasteiger partial charge >= 0.3 is 0 Å². The van der Waals surface area contributed by atoms with E-state index >= 15 is 0 Å². The average molecular weight is 339 g/mol. The van der Waals surface area contributed by atoms with Crippen LogP contribution in [-0.4, -0.2) is 49.2 Å². The number of ether oxygens (including phenoxy) is 2. The molecule has 22 heavy (non-hydrogen) atoms. The number of rotatable bonds is 5. The van der Waals surface area contributed by atoms with E-state index in [-0.39, 0.29) is 5.91 Å². The molecule has 3 heterocycles. The lowest BCUT2D eigenvalue weighted by Gasteiger charge is -2.25. The lowest BCUT2D eigenvalue weighted by molar-refractivity contribution is 0.0337. The van der Waals surface area contributed by atoms with E-state index in [1.165, 1.54) is 22.7 Å². The fraction of sp³-hybridized carbons (Fsp3) is 0.429. The van der Waals surface area contributed by atoms with Crippen LogP contribution in [0.2, 0.25) is 0 Å². The van der Waals surface area contributed by atoms with Crippen LogP contribution >= 0.6 is 22.7 Å². The fourth-order valence-corrected chi connectivity index (χ4v) is 3.65. The third-order valence-corrected chi connectivity index (χ3v) is 5.02. The third-order valence-electron chi connectivity index (χ3n) is 3.32. The summed E-state index contributed by atoms with van der Waals surface area (Å²) in [5, 5.41) is 7.26. The minimum atomic E-state index is -0.181. The summed E-state index contributed by atoms with van der Waals surface area (Å²) in [6, 6.07) is 1.78. The molecule has 1 aliphatic rings. The van der Waals surface area contributed by atoms with E-state index in [9.17, 15) is 4.79 Å². The highest BCUT2D eigenvalue weighted by Crippen LogP contribution is 2.26. The zero-order chi connectivity index (χ0) is 15.4. The van der Waals surface area contributed by atoms with E-state index in [0.717, 1.165) is 38.5 Å². The highest BCUT2D eigenvalue weighted by Gasteiger charge is 2.16. The molecule has 8 heteroatoms. The van der Waals surface area contributed by atoms with Crippen LogP contribution in [0.3, 0.4) is 0 Å². The maximum Gasteiger partial charge on any atom is 0.271 e. The zero-order valence-corrected chi connectivity index (χ0v) is 13.8. The molecule has 0 spiro atoms. The quantitative estimate of drug-likeness (QED) is 0.905. The van der Waals surface area contributed by atoms with Gasteiger partial charge in [0.15, 0.2) is 5.13 Å². The van der Waals surface area contributed by atoms with Crippen LogP contribution in [0, 0.1) is 0 Å². The molecule has 1 aliphatic heterocycles. The maximum absolute atomic E-state index is 12.2. The van der Waals surface area contributed by atoms with Gasteiger partial charge in [0.2, 0.25) is 0 Å². The van der Waals surface area contributed by atoms with Crippen LogP contribution in [0.15, 0.2) is 16.8 Å². The Bertz CT molecular complexity index is 635. The van der Waals surface area contributed by atoms with Crippen molar-refractivity contribution in [2.75, 3.05) is 38.7 Å². The summed E-state index contributed by atoms with van der Waals surface area (Å²) >= 11 is 2.79.